The SMILES string of the molecule is C=C1C(=O)O[C@@H](c2cc3c(c(OC)c2-c2cc(OC)c(OC)c(OC)c2)OCO3)[C@H]1C. The fourth-order valence-electron chi connectivity index (χ4n) is 3.97. The van der Waals surface area contributed by atoms with E-state index in [1.165, 1.54) is 7.11 Å². The van der Waals surface area contributed by atoms with Crippen molar-refractivity contribution in [2.24, 2.45) is 5.92 Å². The summed E-state index contributed by atoms with van der Waals surface area (Å²) in [5, 5.41) is 0. The Bertz CT molecular complexity index is 1030. The first-order chi connectivity index (χ1) is 14.9. The van der Waals surface area contributed by atoms with Gasteiger partial charge in [-0.25, -0.2) is 4.79 Å². The lowest BCUT2D eigenvalue weighted by atomic mass is 9.87. The highest BCUT2D eigenvalue weighted by atomic mass is 16.7. The predicted molar refractivity (Wildman–Crippen MR) is 111 cm³/mol. The van der Waals surface area contributed by atoms with E-state index in [2.05, 4.69) is 6.58 Å². The Labute approximate surface area is 180 Å². The van der Waals surface area contributed by atoms with Crippen molar-refractivity contribution >= 4 is 5.97 Å². The fraction of sp³-hybridized carbons (Fsp3) is 0.348. The summed E-state index contributed by atoms with van der Waals surface area (Å²) in [7, 11) is 6.18. The molecule has 2 aromatic carbocycles. The zero-order chi connectivity index (χ0) is 22.3. The molecule has 164 valence electrons. The molecule has 0 unspecified atom stereocenters. The molecule has 0 N–H and O–H groups in total. The van der Waals surface area contributed by atoms with Gasteiger partial charge >= 0.3 is 5.97 Å². The summed E-state index contributed by atoms with van der Waals surface area (Å²) in [6.45, 7) is 5.83. The molecule has 31 heavy (non-hydrogen) atoms. The lowest BCUT2D eigenvalue weighted by Gasteiger charge is -2.23. The largest absolute Gasteiger partial charge is 0.493 e. The number of fused-ring (bicyclic) bond motifs is 1. The second kappa shape index (κ2) is 7.94. The van der Waals surface area contributed by atoms with E-state index < -0.39 is 12.1 Å². The van der Waals surface area contributed by atoms with E-state index >= 15 is 0 Å². The van der Waals surface area contributed by atoms with E-state index in [0.717, 1.165) is 0 Å². The van der Waals surface area contributed by atoms with Gasteiger partial charge in [0.1, 0.15) is 6.10 Å². The Morgan fingerprint density at radius 1 is 0.935 bits per heavy atom. The van der Waals surface area contributed by atoms with Gasteiger partial charge in [-0.1, -0.05) is 13.5 Å². The summed E-state index contributed by atoms with van der Waals surface area (Å²) in [5.41, 5.74) is 2.50. The van der Waals surface area contributed by atoms with Crippen molar-refractivity contribution in [3.8, 4) is 45.6 Å². The Balaban J connectivity index is 2.02. The molecule has 2 heterocycles. The Morgan fingerprint density at radius 3 is 2.10 bits per heavy atom. The predicted octanol–water partition coefficient (Wildman–Crippen LogP) is 3.91. The van der Waals surface area contributed by atoms with Crippen molar-refractivity contribution in [3.63, 3.8) is 0 Å². The van der Waals surface area contributed by atoms with Crippen LogP contribution in [0.3, 0.4) is 0 Å². The summed E-state index contributed by atoms with van der Waals surface area (Å²) in [5.74, 6) is 2.20. The number of cyclic esters (lactones) is 1. The van der Waals surface area contributed by atoms with Gasteiger partial charge in [-0.2, -0.15) is 0 Å². The maximum absolute atomic E-state index is 12.2. The number of esters is 1. The van der Waals surface area contributed by atoms with Crippen LogP contribution >= 0.6 is 0 Å². The lowest BCUT2D eigenvalue weighted by molar-refractivity contribution is -0.139. The summed E-state index contributed by atoms with van der Waals surface area (Å²) >= 11 is 0. The topological polar surface area (TPSA) is 81.7 Å². The van der Waals surface area contributed by atoms with E-state index in [1.807, 2.05) is 13.0 Å². The summed E-state index contributed by atoms with van der Waals surface area (Å²) in [6.07, 6.45) is -0.572. The molecule has 0 radical (unpaired) electrons. The number of hydrogen-bond acceptors (Lipinski definition) is 8. The number of rotatable bonds is 6. The van der Waals surface area contributed by atoms with E-state index in [-0.39, 0.29) is 12.7 Å². The van der Waals surface area contributed by atoms with Gasteiger partial charge in [0.05, 0.1) is 28.4 Å². The zero-order valence-electron chi connectivity index (χ0n) is 18.1. The molecule has 0 bridgehead atoms. The average Bonchev–Trinajstić information content (AvgIpc) is 3.36. The second-order valence-electron chi connectivity index (χ2n) is 7.16. The highest BCUT2D eigenvalue weighted by molar-refractivity contribution is 5.92. The van der Waals surface area contributed by atoms with Crippen LogP contribution in [-0.4, -0.2) is 41.2 Å². The molecule has 8 heteroatoms. The quantitative estimate of drug-likeness (QED) is 0.506. The van der Waals surface area contributed by atoms with Gasteiger partial charge < -0.3 is 33.2 Å². The third kappa shape index (κ3) is 3.19. The second-order valence-corrected chi connectivity index (χ2v) is 7.16. The first-order valence-electron chi connectivity index (χ1n) is 9.65. The Morgan fingerprint density at radius 2 is 1.58 bits per heavy atom. The third-order valence-electron chi connectivity index (χ3n) is 5.61. The molecular formula is C23H24O8. The van der Waals surface area contributed by atoms with Gasteiger partial charge in [0.2, 0.25) is 18.3 Å². The highest BCUT2D eigenvalue weighted by Gasteiger charge is 2.40. The number of methoxy groups -OCH3 is 4. The van der Waals surface area contributed by atoms with Crippen molar-refractivity contribution in [1.82, 2.24) is 0 Å². The van der Waals surface area contributed by atoms with E-state index in [4.69, 9.17) is 33.2 Å². The molecule has 0 saturated carbocycles. The van der Waals surface area contributed by atoms with Crippen LogP contribution in [0.2, 0.25) is 0 Å². The van der Waals surface area contributed by atoms with Crippen LogP contribution in [0.25, 0.3) is 11.1 Å². The van der Waals surface area contributed by atoms with Crippen LogP contribution in [0.4, 0.5) is 0 Å². The zero-order valence-corrected chi connectivity index (χ0v) is 18.1. The minimum absolute atomic E-state index is 0.0660. The minimum Gasteiger partial charge on any atom is -0.493 e. The van der Waals surface area contributed by atoms with Crippen LogP contribution in [0.15, 0.2) is 30.4 Å². The number of hydrogen-bond donors (Lipinski definition) is 0. The van der Waals surface area contributed by atoms with Crippen LogP contribution in [0.5, 0.6) is 34.5 Å². The molecule has 1 fully saturated rings. The van der Waals surface area contributed by atoms with Crippen molar-refractivity contribution in [2.75, 3.05) is 35.2 Å². The lowest BCUT2D eigenvalue weighted by Crippen LogP contribution is -2.08. The Kier molecular flexibility index (Phi) is 5.31. The molecule has 2 aliphatic heterocycles. The molecule has 0 spiro atoms. The van der Waals surface area contributed by atoms with E-state index in [9.17, 15) is 4.79 Å². The molecular weight excluding hydrogens is 404 g/mol. The summed E-state index contributed by atoms with van der Waals surface area (Å²) in [4.78, 5) is 12.2. The highest BCUT2D eigenvalue weighted by Crippen LogP contribution is 2.55. The van der Waals surface area contributed by atoms with E-state index in [0.29, 0.717) is 56.8 Å². The van der Waals surface area contributed by atoms with Crippen LogP contribution < -0.4 is 28.4 Å². The van der Waals surface area contributed by atoms with Gasteiger partial charge in [0.15, 0.2) is 23.0 Å². The maximum Gasteiger partial charge on any atom is 0.334 e. The summed E-state index contributed by atoms with van der Waals surface area (Å²) < 4.78 is 39.2. The summed E-state index contributed by atoms with van der Waals surface area (Å²) in [6, 6.07) is 5.43. The van der Waals surface area contributed by atoms with E-state index in [1.54, 1.807) is 33.5 Å². The molecule has 0 aromatic heterocycles. The van der Waals surface area contributed by atoms with Crippen LogP contribution in [0.1, 0.15) is 18.6 Å². The molecule has 4 rings (SSSR count). The minimum atomic E-state index is -0.572. The number of ether oxygens (including phenoxy) is 7. The maximum atomic E-state index is 12.2. The number of carbonyl (C=O) groups excluding carboxylic acids is 1. The fourth-order valence-corrected chi connectivity index (χ4v) is 3.97. The molecule has 2 aliphatic rings. The third-order valence-corrected chi connectivity index (χ3v) is 5.61. The molecule has 8 nitrogen and oxygen atoms in total. The molecule has 1 saturated heterocycles. The molecule has 0 amide bonds. The van der Waals surface area contributed by atoms with Crippen molar-refractivity contribution in [1.29, 1.82) is 0 Å². The van der Waals surface area contributed by atoms with Gasteiger partial charge in [0, 0.05) is 22.6 Å². The monoisotopic (exact) mass is 428 g/mol. The standard InChI is InChI=1S/C23H24O8/c1-11-12(2)23(24)31-19(11)14-9-17-21(30-10-29-17)22(28-6)18(14)13-7-15(25-3)20(27-5)16(8-13)26-4/h7-9,11,19H,2,10H2,1,3-6H3/t11-,19+/m0/s1. The van der Waals surface area contributed by atoms with Crippen molar-refractivity contribution in [3.05, 3.63) is 35.9 Å². The first kappa shape index (κ1) is 20.7. The van der Waals surface area contributed by atoms with Gasteiger partial charge in [-0.3, -0.25) is 0 Å². The van der Waals surface area contributed by atoms with Crippen molar-refractivity contribution in [2.45, 2.75) is 13.0 Å². The first-order valence-corrected chi connectivity index (χ1v) is 9.65. The molecule has 2 atom stereocenters. The van der Waals surface area contributed by atoms with Gasteiger partial charge in [0.25, 0.3) is 0 Å². The molecule has 0 aliphatic carbocycles. The van der Waals surface area contributed by atoms with Gasteiger partial charge in [-0.15, -0.1) is 0 Å². The number of benzene rings is 2. The number of carbonyl (C=O) groups is 1. The normalized spacial score (nSPS) is 19.3. The average molecular weight is 428 g/mol. The smallest absolute Gasteiger partial charge is 0.334 e. The molecule has 2 aromatic rings. The van der Waals surface area contributed by atoms with Crippen LogP contribution in [0, 0.1) is 5.92 Å². The Hall–Kier alpha value is -3.55. The van der Waals surface area contributed by atoms with Crippen LogP contribution in [-0.2, 0) is 9.53 Å². The van der Waals surface area contributed by atoms with Crippen molar-refractivity contribution < 1.29 is 38.0 Å². The van der Waals surface area contributed by atoms with Gasteiger partial charge in [-0.05, 0) is 23.8 Å².